The zero-order valence-corrected chi connectivity index (χ0v) is 17.4. The molecule has 10 heteroatoms. The molecule has 0 bridgehead atoms. The molecule has 158 valence electrons. The van der Waals surface area contributed by atoms with Crippen molar-refractivity contribution >= 4 is 28.3 Å². The summed E-state index contributed by atoms with van der Waals surface area (Å²) in [7, 11) is 0. The van der Waals surface area contributed by atoms with Gasteiger partial charge in [-0.3, -0.25) is 14.9 Å². The lowest BCUT2D eigenvalue weighted by atomic mass is 9.98. The molecule has 1 heterocycles. The Hall–Kier alpha value is -2.46. The molecule has 3 N–H and O–H groups in total. The molecule has 0 aliphatic rings. The topological polar surface area (TPSA) is 104 Å². The number of rotatable bonds is 7. The summed E-state index contributed by atoms with van der Waals surface area (Å²) in [6, 6.07) is 1.40. The Balaban J connectivity index is 2.08. The van der Waals surface area contributed by atoms with Crippen LogP contribution in [0.1, 0.15) is 57.2 Å². The predicted octanol–water partition coefficient (Wildman–Crippen LogP) is 3.07. The standard InChI is InChI=1S/C19H24F2N4O3S/c1-5-6-13(15(27)23-18-25-24-17(29-18)19(2,3)4)22-16(28)14(26)10-7-11(20)9-12(21)8-10/h7-9,13-14,26H,5-6H2,1-4H3,(H,22,28)(H,23,25,27)/t13?,14-/m0/s1. The molecule has 7 nitrogen and oxygen atoms in total. The third kappa shape index (κ3) is 6.26. The fraction of sp³-hybridized carbons (Fsp3) is 0.474. The van der Waals surface area contributed by atoms with E-state index in [2.05, 4.69) is 20.8 Å². The van der Waals surface area contributed by atoms with E-state index in [0.29, 0.717) is 24.0 Å². The lowest BCUT2D eigenvalue weighted by molar-refractivity contribution is -0.133. The molecule has 0 saturated heterocycles. The van der Waals surface area contributed by atoms with E-state index >= 15 is 0 Å². The summed E-state index contributed by atoms with van der Waals surface area (Å²) in [6.45, 7) is 7.73. The lowest BCUT2D eigenvalue weighted by Crippen LogP contribution is -2.45. The van der Waals surface area contributed by atoms with Gasteiger partial charge in [0, 0.05) is 11.5 Å². The highest BCUT2D eigenvalue weighted by Gasteiger charge is 2.27. The van der Waals surface area contributed by atoms with E-state index in [0.717, 1.165) is 17.1 Å². The molecule has 2 atom stereocenters. The largest absolute Gasteiger partial charge is 0.378 e. The number of halogens is 2. The Morgan fingerprint density at radius 3 is 2.28 bits per heavy atom. The second-order valence-corrected chi connectivity index (χ2v) is 8.58. The third-order valence-corrected chi connectivity index (χ3v) is 5.22. The number of hydrogen-bond donors (Lipinski definition) is 3. The number of carbonyl (C=O) groups excluding carboxylic acids is 2. The van der Waals surface area contributed by atoms with Gasteiger partial charge in [-0.2, -0.15) is 0 Å². The highest BCUT2D eigenvalue weighted by Crippen LogP contribution is 2.27. The number of aliphatic hydroxyl groups excluding tert-OH is 1. The van der Waals surface area contributed by atoms with Crippen LogP contribution in [0, 0.1) is 11.6 Å². The van der Waals surface area contributed by atoms with Crippen LogP contribution in [0.2, 0.25) is 0 Å². The van der Waals surface area contributed by atoms with Crippen molar-refractivity contribution in [1.29, 1.82) is 0 Å². The van der Waals surface area contributed by atoms with E-state index < -0.39 is 35.6 Å². The van der Waals surface area contributed by atoms with Gasteiger partial charge in [0.15, 0.2) is 6.10 Å². The maximum absolute atomic E-state index is 13.3. The Morgan fingerprint density at radius 2 is 1.76 bits per heavy atom. The normalized spacial score (nSPS) is 13.6. The molecule has 2 rings (SSSR count). The van der Waals surface area contributed by atoms with Crippen LogP contribution >= 0.6 is 11.3 Å². The molecule has 0 spiro atoms. The molecule has 1 unspecified atom stereocenters. The van der Waals surface area contributed by atoms with Crippen LogP contribution in [0.25, 0.3) is 0 Å². The zero-order chi connectivity index (χ0) is 21.8. The first kappa shape index (κ1) is 22.8. The minimum absolute atomic E-state index is 0.220. The summed E-state index contributed by atoms with van der Waals surface area (Å²) in [5, 5.41) is 24.2. The van der Waals surface area contributed by atoms with Gasteiger partial charge >= 0.3 is 0 Å². The molecule has 0 aliphatic carbocycles. The van der Waals surface area contributed by atoms with Gasteiger partial charge in [0.1, 0.15) is 22.7 Å². The maximum Gasteiger partial charge on any atom is 0.254 e. The minimum atomic E-state index is -1.82. The molecule has 0 saturated carbocycles. The number of hydrogen-bond acceptors (Lipinski definition) is 6. The number of amides is 2. The second kappa shape index (κ2) is 9.36. The SMILES string of the molecule is CCCC(NC(=O)[C@@H](O)c1cc(F)cc(F)c1)C(=O)Nc1nnc(C(C)(C)C)s1. The van der Waals surface area contributed by atoms with E-state index in [-0.39, 0.29) is 11.0 Å². The fourth-order valence-corrected chi connectivity index (χ4v) is 3.27. The van der Waals surface area contributed by atoms with Crippen molar-refractivity contribution in [1.82, 2.24) is 15.5 Å². The number of anilines is 1. The van der Waals surface area contributed by atoms with Crippen molar-refractivity contribution < 1.29 is 23.5 Å². The Labute approximate surface area is 171 Å². The van der Waals surface area contributed by atoms with Crippen molar-refractivity contribution in [2.75, 3.05) is 5.32 Å². The number of benzene rings is 1. The van der Waals surface area contributed by atoms with Crippen LogP contribution in [0.3, 0.4) is 0 Å². The molecule has 0 fully saturated rings. The number of carbonyl (C=O) groups is 2. The van der Waals surface area contributed by atoms with Gasteiger partial charge in [-0.05, 0) is 24.1 Å². The maximum atomic E-state index is 13.3. The van der Waals surface area contributed by atoms with Crippen LogP contribution in [-0.4, -0.2) is 33.2 Å². The van der Waals surface area contributed by atoms with Crippen molar-refractivity contribution in [3.05, 3.63) is 40.4 Å². The van der Waals surface area contributed by atoms with E-state index in [4.69, 9.17) is 0 Å². The number of aliphatic hydroxyl groups is 1. The first-order valence-electron chi connectivity index (χ1n) is 9.10. The number of aromatic nitrogens is 2. The molecular weight excluding hydrogens is 402 g/mol. The molecule has 0 radical (unpaired) electrons. The number of nitrogens with one attached hydrogen (secondary N) is 2. The van der Waals surface area contributed by atoms with Crippen molar-refractivity contribution in [2.24, 2.45) is 0 Å². The van der Waals surface area contributed by atoms with Crippen molar-refractivity contribution in [2.45, 2.75) is 58.1 Å². The van der Waals surface area contributed by atoms with Gasteiger partial charge in [0.25, 0.3) is 5.91 Å². The summed E-state index contributed by atoms with van der Waals surface area (Å²) in [5.41, 5.74) is -0.461. The molecule has 1 aromatic carbocycles. The second-order valence-electron chi connectivity index (χ2n) is 7.61. The predicted molar refractivity (Wildman–Crippen MR) is 105 cm³/mol. The first-order valence-corrected chi connectivity index (χ1v) is 9.92. The summed E-state index contributed by atoms with van der Waals surface area (Å²) < 4.78 is 26.7. The lowest BCUT2D eigenvalue weighted by Gasteiger charge is -2.19. The summed E-state index contributed by atoms with van der Waals surface area (Å²) in [5.74, 6) is -3.29. The van der Waals surface area contributed by atoms with E-state index in [1.807, 2.05) is 27.7 Å². The Morgan fingerprint density at radius 1 is 1.14 bits per heavy atom. The van der Waals surface area contributed by atoms with Crippen LogP contribution in [0.15, 0.2) is 18.2 Å². The average Bonchev–Trinajstić information content (AvgIpc) is 3.08. The molecule has 2 aromatic rings. The molecule has 2 amide bonds. The summed E-state index contributed by atoms with van der Waals surface area (Å²) in [6.07, 6.45) is -0.944. The zero-order valence-electron chi connectivity index (χ0n) is 16.6. The van der Waals surface area contributed by atoms with Crippen LogP contribution < -0.4 is 10.6 Å². The van der Waals surface area contributed by atoms with Gasteiger partial charge < -0.3 is 10.4 Å². The van der Waals surface area contributed by atoms with Gasteiger partial charge in [0.2, 0.25) is 11.0 Å². The van der Waals surface area contributed by atoms with Gasteiger partial charge in [-0.25, -0.2) is 8.78 Å². The molecular formula is C19H24F2N4O3S. The summed E-state index contributed by atoms with van der Waals surface area (Å²) in [4.78, 5) is 24.9. The first-order chi connectivity index (χ1) is 13.5. The van der Waals surface area contributed by atoms with Gasteiger partial charge in [0.05, 0.1) is 0 Å². The van der Waals surface area contributed by atoms with Crippen LogP contribution in [-0.2, 0) is 15.0 Å². The minimum Gasteiger partial charge on any atom is -0.378 e. The number of nitrogens with zero attached hydrogens (tertiary/aromatic N) is 2. The highest BCUT2D eigenvalue weighted by molar-refractivity contribution is 7.15. The van der Waals surface area contributed by atoms with Crippen molar-refractivity contribution in [3.63, 3.8) is 0 Å². The van der Waals surface area contributed by atoms with Crippen LogP contribution in [0.4, 0.5) is 13.9 Å². The highest BCUT2D eigenvalue weighted by atomic mass is 32.1. The van der Waals surface area contributed by atoms with Gasteiger partial charge in [-0.1, -0.05) is 45.5 Å². The monoisotopic (exact) mass is 426 g/mol. The quantitative estimate of drug-likeness (QED) is 0.631. The third-order valence-electron chi connectivity index (χ3n) is 3.96. The molecule has 1 aromatic heterocycles. The smallest absolute Gasteiger partial charge is 0.254 e. The van der Waals surface area contributed by atoms with E-state index in [1.165, 1.54) is 11.3 Å². The fourth-order valence-electron chi connectivity index (χ4n) is 2.46. The molecule has 0 aliphatic heterocycles. The van der Waals surface area contributed by atoms with Crippen LogP contribution in [0.5, 0.6) is 0 Å². The van der Waals surface area contributed by atoms with Gasteiger partial charge in [-0.15, -0.1) is 10.2 Å². The Kier molecular flexibility index (Phi) is 7.37. The average molecular weight is 426 g/mol. The molecule has 29 heavy (non-hydrogen) atoms. The van der Waals surface area contributed by atoms with Crippen molar-refractivity contribution in [3.8, 4) is 0 Å². The van der Waals surface area contributed by atoms with E-state index in [1.54, 1.807) is 0 Å². The summed E-state index contributed by atoms with van der Waals surface area (Å²) >= 11 is 1.23. The Bertz CT molecular complexity index is 862. The van der Waals surface area contributed by atoms with E-state index in [9.17, 15) is 23.5 Å².